The lowest BCUT2D eigenvalue weighted by Crippen LogP contribution is -2.68. The molecule has 3 aliphatic heterocycles. The lowest BCUT2D eigenvalue weighted by atomic mass is 9.75. The van der Waals surface area contributed by atoms with Crippen LogP contribution in [0.15, 0.2) is 91.0 Å². The number of carbonyl (C=O) groups is 1. The van der Waals surface area contributed by atoms with Crippen molar-refractivity contribution in [3.05, 3.63) is 118 Å². The van der Waals surface area contributed by atoms with Gasteiger partial charge in [-0.3, -0.25) is 10.1 Å². The van der Waals surface area contributed by atoms with Crippen LogP contribution in [0.4, 0.5) is 4.79 Å². The van der Waals surface area contributed by atoms with E-state index in [1.54, 1.807) is 0 Å². The maximum atomic E-state index is 14.5. The first-order chi connectivity index (χ1) is 34.6. The van der Waals surface area contributed by atoms with Crippen LogP contribution in [0, 0.1) is 27.9 Å². The highest BCUT2D eigenvalue weighted by Crippen LogP contribution is 2.53. The highest BCUT2D eigenvalue weighted by atomic mass is 16.8. The number of carbonyl (C=O) groups excluding carboxylic acids is 1. The first kappa shape index (κ1) is 50.5. The fraction of sp³-hybridized carbons (Fsp3) is 0.661. The zero-order chi connectivity index (χ0) is 49.0. The lowest BCUT2D eigenvalue weighted by molar-refractivity contribution is -0.579. The van der Waals surface area contributed by atoms with E-state index in [1.165, 1.54) is 0 Å². The molecule has 15 heteroatoms. The zero-order valence-corrected chi connectivity index (χ0v) is 41.5. The third-order valence-corrected chi connectivity index (χ3v) is 16.1. The van der Waals surface area contributed by atoms with E-state index in [1.807, 2.05) is 91.0 Å². The van der Waals surface area contributed by atoms with Crippen molar-refractivity contribution in [2.75, 3.05) is 6.61 Å². The third-order valence-electron chi connectivity index (χ3n) is 16.1. The predicted octanol–water partition coefficient (Wildman–Crippen LogP) is 10.0. The van der Waals surface area contributed by atoms with Crippen LogP contribution >= 0.6 is 0 Å². The summed E-state index contributed by atoms with van der Waals surface area (Å²) in [6, 6.07) is 27.3. The van der Waals surface area contributed by atoms with E-state index in [0.29, 0.717) is 38.0 Å². The maximum Gasteiger partial charge on any atom is 0.509 e. The molecule has 10 rings (SSSR count). The smallest absolute Gasteiger partial charge is 0.431 e. The van der Waals surface area contributed by atoms with Gasteiger partial charge in [0.05, 0.1) is 26.4 Å². The molecule has 0 aromatic heterocycles. The number of nitro groups is 1. The van der Waals surface area contributed by atoms with Crippen LogP contribution in [0.2, 0.25) is 0 Å². The van der Waals surface area contributed by atoms with Crippen LogP contribution in [0.1, 0.15) is 121 Å². The fourth-order valence-electron chi connectivity index (χ4n) is 12.5. The number of ether oxygens (including phenoxy) is 11. The van der Waals surface area contributed by atoms with Gasteiger partial charge in [-0.25, -0.2) is 4.79 Å². The van der Waals surface area contributed by atoms with Crippen molar-refractivity contribution in [1.82, 2.24) is 0 Å². The van der Waals surface area contributed by atoms with Gasteiger partial charge in [0.1, 0.15) is 48.8 Å². The summed E-state index contributed by atoms with van der Waals surface area (Å²) >= 11 is 0. The Bertz CT molecular complexity index is 2170. The Morgan fingerprint density at radius 2 is 1.15 bits per heavy atom. The quantitative estimate of drug-likeness (QED) is 0.0757. The molecule has 4 saturated carbocycles. The average Bonchev–Trinajstić information content (AvgIpc) is 3.93. The van der Waals surface area contributed by atoms with E-state index in [4.69, 9.17) is 52.1 Å². The fourth-order valence-corrected chi connectivity index (χ4v) is 12.5. The third kappa shape index (κ3) is 11.5. The van der Waals surface area contributed by atoms with Crippen LogP contribution in [0.25, 0.3) is 0 Å². The molecule has 0 N–H and O–H groups in total. The summed E-state index contributed by atoms with van der Waals surface area (Å²) in [4.78, 5) is 28.0. The van der Waals surface area contributed by atoms with E-state index in [9.17, 15) is 14.9 Å². The van der Waals surface area contributed by atoms with Crippen LogP contribution in [0.5, 0.6) is 0 Å². The lowest BCUT2D eigenvalue weighted by Gasteiger charge is -2.46. The molecule has 14 atom stereocenters. The normalized spacial score (nSPS) is 35.2. The average molecular weight is 984 g/mol. The van der Waals surface area contributed by atoms with E-state index >= 15 is 0 Å². The number of benzene rings is 3. The second kappa shape index (κ2) is 22.6. The zero-order valence-electron chi connectivity index (χ0n) is 41.5. The van der Waals surface area contributed by atoms with Crippen molar-refractivity contribution in [2.24, 2.45) is 17.8 Å². The molecule has 7 fully saturated rings. The Kier molecular flexibility index (Phi) is 16.1. The summed E-state index contributed by atoms with van der Waals surface area (Å²) < 4.78 is 75.0. The molecule has 0 radical (unpaired) electrons. The Hall–Kier alpha value is -4.03. The second-order valence-electron chi connectivity index (χ2n) is 21.5. The molecular formula is C56H73NO14. The molecule has 3 heterocycles. The summed E-state index contributed by atoms with van der Waals surface area (Å²) in [5.74, 6) is -1.07. The summed E-state index contributed by atoms with van der Waals surface area (Å²) in [5, 5.41) is 13.9. The number of fused-ring (bicyclic) bond motifs is 3. The molecule has 15 nitrogen and oxygen atoms in total. The standard InChI is InChI=1S/C56H73NO14/c1-36(2)41-26-25-37(3)31-42(41)65-54(58)67-48-47(49-51(70-55(68-49)27-15-7-16-28-55)52-50(48)69-56(71-52)29-17-8-18-30-56)66-53-44(57(59)60)46(63-34-40-23-13-6-14-24-40)45(62-33-39-21-11-5-12-22-39)43(64-53)35-61-32-38-19-9-4-10-20-38/h4-6,9-14,19-24,36-37,41-53H,7-8,15-18,25-35H2,1-3H3/t37-,41+,42-,43-,44-,45+,46-,47+,48+,49-,50+,51+,52+,53+/m1/s1. The van der Waals surface area contributed by atoms with Gasteiger partial charge in [-0.05, 0) is 73.0 Å². The molecule has 0 bridgehead atoms. The predicted molar refractivity (Wildman–Crippen MR) is 258 cm³/mol. The Labute approximate surface area is 417 Å². The monoisotopic (exact) mass is 984 g/mol. The summed E-state index contributed by atoms with van der Waals surface area (Å²) in [5.41, 5.74) is 2.64. The number of rotatable bonds is 16. The second-order valence-corrected chi connectivity index (χ2v) is 21.5. The van der Waals surface area contributed by atoms with E-state index in [0.717, 1.165) is 68.1 Å². The van der Waals surface area contributed by atoms with Gasteiger partial charge in [-0.2, -0.15) is 0 Å². The summed E-state index contributed by atoms with van der Waals surface area (Å²) in [6.45, 7) is 6.92. The Morgan fingerprint density at radius 1 is 0.648 bits per heavy atom. The van der Waals surface area contributed by atoms with Gasteiger partial charge in [-0.15, -0.1) is 0 Å². The molecule has 71 heavy (non-hydrogen) atoms. The van der Waals surface area contributed by atoms with E-state index in [2.05, 4.69) is 20.8 Å². The molecule has 3 aromatic rings. The molecule has 3 saturated heterocycles. The van der Waals surface area contributed by atoms with Gasteiger partial charge in [0, 0.05) is 30.6 Å². The summed E-state index contributed by atoms with van der Waals surface area (Å²) in [7, 11) is 0. The van der Waals surface area contributed by atoms with Crippen molar-refractivity contribution < 1.29 is 61.8 Å². The molecule has 7 aliphatic rings. The van der Waals surface area contributed by atoms with Gasteiger partial charge in [0.25, 0.3) is 6.04 Å². The molecule has 386 valence electrons. The largest absolute Gasteiger partial charge is 0.509 e. The molecule has 4 aliphatic carbocycles. The van der Waals surface area contributed by atoms with Crippen molar-refractivity contribution in [2.45, 2.75) is 209 Å². The SMILES string of the molecule is CC(C)[C@@H]1CC[C@@H](C)C[C@H]1OC(=O)O[C@H]1[C@H](O[C@@H]2O[C@H](COCc3ccccc3)[C@H](OCc3ccccc3)[C@H](OCc3ccccc3)[C@H]2[N+](=O)[O-])[C@H]2OC3(CCCCC3)O[C@@H]2[C@H]2OC3(CCCCC3)O[C@@H]12. The van der Waals surface area contributed by atoms with Gasteiger partial charge in [-0.1, -0.05) is 131 Å². The van der Waals surface area contributed by atoms with E-state index < -0.39 is 89.9 Å². The van der Waals surface area contributed by atoms with Crippen molar-refractivity contribution in [3.63, 3.8) is 0 Å². The first-order valence-electron chi connectivity index (χ1n) is 26.5. The van der Waals surface area contributed by atoms with Crippen molar-refractivity contribution >= 4 is 6.16 Å². The van der Waals surface area contributed by atoms with Gasteiger partial charge >= 0.3 is 6.16 Å². The van der Waals surface area contributed by atoms with Crippen molar-refractivity contribution in [3.8, 4) is 0 Å². The number of hydrogen-bond acceptors (Lipinski definition) is 14. The van der Waals surface area contributed by atoms with Gasteiger partial charge in [0.15, 0.2) is 23.8 Å². The minimum atomic E-state index is -1.64. The molecule has 0 amide bonds. The van der Waals surface area contributed by atoms with Crippen LogP contribution in [-0.4, -0.2) is 103 Å². The van der Waals surface area contributed by atoms with E-state index in [-0.39, 0.29) is 44.4 Å². The van der Waals surface area contributed by atoms with Crippen LogP contribution in [0.3, 0.4) is 0 Å². The molecular weight excluding hydrogens is 911 g/mol. The first-order valence-corrected chi connectivity index (χ1v) is 26.5. The minimum Gasteiger partial charge on any atom is -0.431 e. The van der Waals surface area contributed by atoms with Gasteiger partial charge < -0.3 is 52.1 Å². The number of nitrogens with zero attached hydrogens (tertiary/aromatic N) is 1. The highest BCUT2D eigenvalue weighted by molar-refractivity contribution is 5.60. The van der Waals surface area contributed by atoms with Crippen molar-refractivity contribution in [1.29, 1.82) is 0 Å². The number of hydrogen-bond donors (Lipinski definition) is 0. The molecule has 3 aromatic carbocycles. The highest BCUT2D eigenvalue weighted by Gasteiger charge is 2.69. The van der Waals surface area contributed by atoms with Crippen LogP contribution in [-0.2, 0) is 71.9 Å². The topological polar surface area (TPSA) is 162 Å². The van der Waals surface area contributed by atoms with Crippen LogP contribution < -0.4 is 0 Å². The maximum absolute atomic E-state index is 14.5. The molecule has 2 spiro atoms. The summed E-state index contributed by atoms with van der Waals surface area (Å²) in [6.07, 6.45) is -0.465. The Balaban J connectivity index is 1.02. The Morgan fingerprint density at radius 3 is 1.69 bits per heavy atom. The van der Waals surface area contributed by atoms with Gasteiger partial charge in [0.2, 0.25) is 6.29 Å². The molecule has 0 unspecified atom stereocenters. The minimum absolute atomic E-state index is 0.0173.